The van der Waals surface area contributed by atoms with E-state index in [2.05, 4.69) is 30.6 Å². The fraction of sp³-hybridized carbons (Fsp3) is 0.500. The third kappa shape index (κ3) is 4.52. The summed E-state index contributed by atoms with van der Waals surface area (Å²) in [6.07, 6.45) is 0. The molecule has 0 amide bonds. The lowest BCUT2D eigenvalue weighted by Crippen LogP contribution is -2.39. The van der Waals surface area contributed by atoms with Crippen molar-refractivity contribution in [1.82, 2.24) is 4.90 Å². The zero-order chi connectivity index (χ0) is 14.5. The van der Waals surface area contributed by atoms with Crippen molar-refractivity contribution in [2.24, 2.45) is 5.73 Å². The average molecular weight is 292 g/mol. The quantitative estimate of drug-likeness (QED) is 0.849. The van der Waals surface area contributed by atoms with Gasteiger partial charge in [0.2, 0.25) is 0 Å². The number of nitrogens with two attached hydrogens (primary N) is 1. The van der Waals surface area contributed by atoms with Gasteiger partial charge in [0.1, 0.15) is 5.82 Å². The van der Waals surface area contributed by atoms with E-state index in [1.54, 1.807) is 6.07 Å². The molecule has 2 rings (SSSR count). The number of hydrogen-bond donors (Lipinski definition) is 1. The summed E-state index contributed by atoms with van der Waals surface area (Å²) in [6.45, 7) is 7.67. The minimum Gasteiger partial charge on any atom is -0.320 e. The Morgan fingerprint density at radius 1 is 1.30 bits per heavy atom. The molecule has 0 saturated carbocycles. The second kappa shape index (κ2) is 7.12. The minimum atomic E-state index is -0.226. The molecule has 1 aliphatic rings. The number of thioether (sulfide) groups is 1. The summed E-state index contributed by atoms with van der Waals surface area (Å²) in [5.41, 5.74) is 7.04. The summed E-state index contributed by atoms with van der Waals surface area (Å²) in [6, 6.07) is 5.02. The van der Waals surface area contributed by atoms with Gasteiger partial charge in [0.05, 0.1) is 6.54 Å². The van der Waals surface area contributed by atoms with Gasteiger partial charge in [-0.25, -0.2) is 4.39 Å². The van der Waals surface area contributed by atoms with Crippen molar-refractivity contribution in [3.8, 4) is 11.8 Å². The van der Waals surface area contributed by atoms with E-state index in [9.17, 15) is 4.39 Å². The van der Waals surface area contributed by atoms with Gasteiger partial charge in [-0.2, -0.15) is 11.8 Å². The normalized spacial score (nSPS) is 23.2. The Labute approximate surface area is 124 Å². The van der Waals surface area contributed by atoms with Gasteiger partial charge < -0.3 is 5.73 Å². The molecule has 2 N–H and O–H groups in total. The van der Waals surface area contributed by atoms with Gasteiger partial charge in [-0.15, -0.1) is 0 Å². The molecule has 0 bridgehead atoms. The highest BCUT2D eigenvalue weighted by molar-refractivity contribution is 8.00. The van der Waals surface area contributed by atoms with Gasteiger partial charge in [0, 0.05) is 35.7 Å². The second-order valence-electron chi connectivity index (χ2n) is 5.31. The summed E-state index contributed by atoms with van der Waals surface area (Å²) >= 11 is 2.02. The predicted octanol–water partition coefficient (Wildman–Crippen LogP) is 2.46. The van der Waals surface area contributed by atoms with Crippen molar-refractivity contribution in [2.45, 2.75) is 30.9 Å². The molecule has 1 aromatic rings. The van der Waals surface area contributed by atoms with Crippen molar-refractivity contribution >= 4 is 11.8 Å². The summed E-state index contributed by atoms with van der Waals surface area (Å²) in [5, 5.41) is 1.26. The van der Waals surface area contributed by atoms with E-state index in [0.717, 1.165) is 25.2 Å². The third-order valence-electron chi connectivity index (χ3n) is 3.19. The van der Waals surface area contributed by atoms with Crippen LogP contribution in [-0.4, -0.2) is 35.0 Å². The van der Waals surface area contributed by atoms with Crippen LogP contribution in [0.4, 0.5) is 4.39 Å². The Morgan fingerprint density at radius 3 is 2.65 bits per heavy atom. The smallest absolute Gasteiger partial charge is 0.124 e. The Balaban J connectivity index is 2.10. The van der Waals surface area contributed by atoms with Crippen LogP contribution >= 0.6 is 11.8 Å². The molecule has 4 heteroatoms. The van der Waals surface area contributed by atoms with Crippen molar-refractivity contribution in [2.75, 3.05) is 19.6 Å². The topological polar surface area (TPSA) is 29.3 Å². The van der Waals surface area contributed by atoms with Crippen LogP contribution in [0.3, 0.4) is 0 Å². The molecule has 0 radical (unpaired) electrons. The second-order valence-corrected chi connectivity index (χ2v) is 7.19. The molecule has 1 fully saturated rings. The van der Waals surface area contributed by atoms with Gasteiger partial charge in [0.15, 0.2) is 0 Å². The fourth-order valence-electron chi connectivity index (χ4n) is 2.64. The largest absolute Gasteiger partial charge is 0.320 e. The monoisotopic (exact) mass is 292 g/mol. The SMILES string of the molecule is CC1CN(Cc2cc(F)cc(C#CCN)c2)CC(C)S1. The highest BCUT2D eigenvalue weighted by Gasteiger charge is 2.22. The van der Waals surface area contributed by atoms with Gasteiger partial charge >= 0.3 is 0 Å². The lowest BCUT2D eigenvalue weighted by molar-refractivity contribution is 0.262. The summed E-state index contributed by atoms with van der Waals surface area (Å²) < 4.78 is 13.6. The van der Waals surface area contributed by atoms with E-state index in [-0.39, 0.29) is 5.82 Å². The molecular formula is C16H21FN2S. The van der Waals surface area contributed by atoms with E-state index in [0.29, 0.717) is 22.6 Å². The van der Waals surface area contributed by atoms with Gasteiger partial charge in [0.25, 0.3) is 0 Å². The molecule has 108 valence electrons. The van der Waals surface area contributed by atoms with E-state index < -0.39 is 0 Å². The average Bonchev–Trinajstić information content (AvgIpc) is 2.34. The molecule has 1 saturated heterocycles. The molecule has 2 atom stereocenters. The van der Waals surface area contributed by atoms with Crippen molar-refractivity contribution in [1.29, 1.82) is 0 Å². The first-order valence-corrected chi connectivity index (χ1v) is 7.87. The van der Waals surface area contributed by atoms with E-state index >= 15 is 0 Å². The van der Waals surface area contributed by atoms with Crippen LogP contribution in [0.2, 0.25) is 0 Å². The first kappa shape index (κ1) is 15.4. The third-order valence-corrected chi connectivity index (χ3v) is 4.42. The summed E-state index contributed by atoms with van der Waals surface area (Å²) in [5.74, 6) is 5.45. The molecule has 0 aliphatic carbocycles. The van der Waals surface area contributed by atoms with Crippen LogP contribution in [0, 0.1) is 17.7 Å². The fourth-order valence-corrected chi connectivity index (χ4v) is 4.03. The molecule has 1 aliphatic heterocycles. The van der Waals surface area contributed by atoms with Crippen LogP contribution in [-0.2, 0) is 6.54 Å². The first-order valence-electron chi connectivity index (χ1n) is 6.93. The molecule has 2 unspecified atom stereocenters. The van der Waals surface area contributed by atoms with Crippen LogP contribution in [0.25, 0.3) is 0 Å². The number of rotatable bonds is 2. The standard InChI is InChI=1S/C16H21FN2S/c1-12-9-19(10-13(2)20-12)11-15-6-14(4-3-5-18)7-16(17)8-15/h6-8,12-13H,5,9-11,18H2,1-2H3. The van der Waals surface area contributed by atoms with Crippen molar-refractivity contribution in [3.63, 3.8) is 0 Å². The Bertz CT molecular complexity index is 511. The Morgan fingerprint density at radius 2 is 2.00 bits per heavy atom. The van der Waals surface area contributed by atoms with Crippen LogP contribution in [0.15, 0.2) is 18.2 Å². The van der Waals surface area contributed by atoms with E-state index in [4.69, 9.17) is 5.73 Å². The van der Waals surface area contributed by atoms with Crippen LogP contribution < -0.4 is 5.73 Å². The maximum Gasteiger partial charge on any atom is 0.124 e. The Kier molecular flexibility index (Phi) is 5.47. The highest BCUT2D eigenvalue weighted by atomic mass is 32.2. The predicted molar refractivity (Wildman–Crippen MR) is 84.1 cm³/mol. The van der Waals surface area contributed by atoms with E-state index in [1.165, 1.54) is 6.07 Å². The van der Waals surface area contributed by atoms with E-state index in [1.807, 2.05) is 17.8 Å². The van der Waals surface area contributed by atoms with Gasteiger partial charge in [-0.3, -0.25) is 4.90 Å². The number of halogens is 1. The number of hydrogen-bond acceptors (Lipinski definition) is 3. The molecule has 2 nitrogen and oxygen atoms in total. The van der Waals surface area contributed by atoms with Crippen molar-refractivity contribution in [3.05, 3.63) is 35.1 Å². The molecule has 1 aromatic carbocycles. The summed E-state index contributed by atoms with van der Waals surface area (Å²) in [4.78, 5) is 2.39. The van der Waals surface area contributed by atoms with Gasteiger partial charge in [-0.1, -0.05) is 25.7 Å². The molecule has 0 spiro atoms. The maximum atomic E-state index is 13.6. The first-order chi connectivity index (χ1) is 9.56. The number of benzene rings is 1. The Hall–Kier alpha value is -1.02. The van der Waals surface area contributed by atoms with Crippen LogP contribution in [0.5, 0.6) is 0 Å². The molecule has 1 heterocycles. The molecule has 0 aromatic heterocycles. The lowest BCUT2D eigenvalue weighted by atomic mass is 10.1. The highest BCUT2D eigenvalue weighted by Crippen LogP contribution is 2.25. The molecule has 20 heavy (non-hydrogen) atoms. The minimum absolute atomic E-state index is 0.226. The summed E-state index contributed by atoms with van der Waals surface area (Å²) in [7, 11) is 0. The van der Waals surface area contributed by atoms with Crippen LogP contribution in [0.1, 0.15) is 25.0 Å². The zero-order valence-corrected chi connectivity index (χ0v) is 12.8. The van der Waals surface area contributed by atoms with Gasteiger partial charge in [-0.05, 0) is 23.8 Å². The molecular weight excluding hydrogens is 271 g/mol. The zero-order valence-electron chi connectivity index (χ0n) is 12.0. The maximum absolute atomic E-state index is 13.6. The lowest BCUT2D eigenvalue weighted by Gasteiger charge is -2.34. The number of nitrogens with zero attached hydrogens (tertiary/aromatic N) is 1. The van der Waals surface area contributed by atoms with Crippen molar-refractivity contribution < 1.29 is 4.39 Å².